The van der Waals surface area contributed by atoms with Gasteiger partial charge in [0.2, 0.25) is 0 Å². The van der Waals surface area contributed by atoms with Crippen LogP contribution in [0.1, 0.15) is 56.6 Å². The Morgan fingerprint density at radius 2 is 1.43 bits per heavy atom. The molecular weight excluding hydrogens is 280 g/mol. The minimum absolute atomic E-state index is 0.246. The molecule has 3 aliphatic rings. The summed E-state index contributed by atoms with van der Waals surface area (Å²) in [5, 5.41) is 0. The SMILES string of the molecule is O=C1/C(=C/c2ccc3c(c2)CCC3)Cc2cc3c(cc21)CCC3. The lowest BCUT2D eigenvalue weighted by molar-refractivity contribution is 0.104. The molecule has 0 saturated carbocycles. The zero-order chi connectivity index (χ0) is 15.4. The fourth-order valence-electron chi connectivity index (χ4n) is 4.49. The van der Waals surface area contributed by atoms with Gasteiger partial charge in [0.25, 0.3) is 0 Å². The van der Waals surface area contributed by atoms with Gasteiger partial charge in [-0.25, -0.2) is 0 Å². The van der Waals surface area contributed by atoms with E-state index in [2.05, 4.69) is 36.4 Å². The zero-order valence-electron chi connectivity index (χ0n) is 13.3. The van der Waals surface area contributed by atoms with Crippen LogP contribution in [0.2, 0.25) is 0 Å². The van der Waals surface area contributed by atoms with Crippen LogP contribution in [-0.2, 0) is 32.1 Å². The summed E-state index contributed by atoms with van der Waals surface area (Å²) in [7, 11) is 0. The molecule has 0 fully saturated rings. The lowest BCUT2D eigenvalue weighted by Gasteiger charge is -2.02. The summed E-state index contributed by atoms with van der Waals surface area (Å²) in [6, 6.07) is 11.2. The first-order chi connectivity index (χ1) is 11.3. The van der Waals surface area contributed by atoms with E-state index < -0.39 is 0 Å². The highest BCUT2D eigenvalue weighted by atomic mass is 16.1. The van der Waals surface area contributed by atoms with Gasteiger partial charge >= 0.3 is 0 Å². The summed E-state index contributed by atoms with van der Waals surface area (Å²) in [6.07, 6.45) is 10.1. The lowest BCUT2D eigenvalue weighted by atomic mass is 10.0. The second-order valence-corrected chi connectivity index (χ2v) is 7.19. The Balaban J connectivity index is 1.51. The van der Waals surface area contributed by atoms with E-state index in [1.54, 1.807) is 0 Å². The average Bonchev–Trinajstić information content (AvgIpc) is 3.25. The van der Waals surface area contributed by atoms with Crippen LogP contribution in [0.4, 0.5) is 0 Å². The highest BCUT2D eigenvalue weighted by molar-refractivity contribution is 6.15. The van der Waals surface area contributed by atoms with Crippen LogP contribution < -0.4 is 0 Å². The van der Waals surface area contributed by atoms with Crippen molar-refractivity contribution in [3.05, 3.63) is 74.8 Å². The van der Waals surface area contributed by atoms with E-state index in [9.17, 15) is 4.79 Å². The van der Waals surface area contributed by atoms with Crippen molar-refractivity contribution in [2.24, 2.45) is 0 Å². The van der Waals surface area contributed by atoms with Crippen molar-refractivity contribution in [3.63, 3.8) is 0 Å². The van der Waals surface area contributed by atoms with E-state index in [4.69, 9.17) is 0 Å². The number of allylic oxidation sites excluding steroid dienone is 1. The number of rotatable bonds is 1. The summed E-state index contributed by atoms with van der Waals surface area (Å²) in [5.41, 5.74) is 10.2. The van der Waals surface area contributed by atoms with Crippen molar-refractivity contribution in [1.82, 2.24) is 0 Å². The monoisotopic (exact) mass is 300 g/mol. The van der Waals surface area contributed by atoms with Crippen molar-refractivity contribution in [1.29, 1.82) is 0 Å². The normalized spacial score (nSPS) is 20.0. The van der Waals surface area contributed by atoms with Crippen LogP contribution in [0, 0.1) is 0 Å². The smallest absolute Gasteiger partial charge is 0.189 e. The number of carbonyl (C=O) groups excluding carboxylic acids is 1. The van der Waals surface area contributed by atoms with Crippen molar-refractivity contribution in [2.45, 2.75) is 44.9 Å². The Hall–Kier alpha value is -2.15. The van der Waals surface area contributed by atoms with Gasteiger partial charge in [0.15, 0.2) is 5.78 Å². The average molecular weight is 300 g/mol. The largest absolute Gasteiger partial charge is 0.289 e. The third-order valence-corrected chi connectivity index (χ3v) is 5.70. The summed E-state index contributed by atoms with van der Waals surface area (Å²) >= 11 is 0. The fraction of sp³-hybridized carbons (Fsp3) is 0.318. The Kier molecular flexibility index (Phi) is 2.85. The van der Waals surface area contributed by atoms with E-state index in [0.717, 1.165) is 24.0 Å². The quantitative estimate of drug-likeness (QED) is 0.709. The highest BCUT2D eigenvalue weighted by Gasteiger charge is 2.27. The van der Waals surface area contributed by atoms with Crippen LogP contribution in [0.3, 0.4) is 0 Å². The van der Waals surface area contributed by atoms with Gasteiger partial charge in [0.1, 0.15) is 0 Å². The zero-order valence-corrected chi connectivity index (χ0v) is 13.3. The first-order valence-electron chi connectivity index (χ1n) is 8.80. The van der Waals surface area contributed by atoms with Gasteiger partial charge in [-0.15, -0.1) is 0 Å². The standard InChI is InChI=1S/C22H20O/c23-22-20(10-14-7-8-15-3-1-4-16(15)9-14)12-19-11-17-5-2-6-18(17)13-21(19)22/h7-11,13H,1-6,12H2/b20-10+. The molecule has 114 valence electrons. The first-order valence-corrected chi connectivity index (χ1v) is 8.80. The summed E-state index contributed by atoms with van der Waals surface area (Å²) < 4.78 is 0. The number of hydrogen-bond donors (Lipinski definition) is 0. The van der Waals surface area contributed by atoms with Crippen LogP contribution in [0.15, 0.2) is 35.9 Å². The minimum Gasteiger partial charge on any atom is -0.289 e. The van der Waals surface area contributed by atoms with E-state index >= 15 is 0 Å². The van der Waals surface area contributed by atoms with Gasteiger partial charge in [-0.2, -0.15) is 0 Å². The van der Waals surface area contributed by atoms with Crippen molar-refractivity contribution in [2.75, 3.05) is 0 Å². The van der Waals surface area contributed by atoms with Crippen LogP contribution >= 0.6 is 0 Å². The molecule has 2 aromatic rings. The molecule has 0 aromatic heterocycles. The second-order valence-electron chi connectivity index (χ2n) is 7.19. The van der Waals surface area contributed by atoms with E-state index in [-0.39, 0.29) is 5.78 Å². The Morgan fingerprint density at radius 1 is 0.739 bits per heavy atom. The van der Waals surface area contributed by atoms with Gasteiger partial charge in [-0.3, -0.25) is 4.79 Å². The van der Waals surface area contributed by atoms with E-state index in [0.29, 0.717) is 0 Å². The predicted molar refractivity (Wildman–Crippen MR) is 92.9 cm³/mol. The maximum Gasteiger partial charge on any atom is 0.189 e. The molecule has 0 N–H and O–H groups in total. The number of aryl methyl sites for hydroxylation is 4. The molecule has 0 unspecified atom stereocenters. The Bertz CT molecular complexity index is 870. The van der Waals surface area contributed by atoms with Crippen LogP contribution in [0.5, 0.6) is 0 Å². The fourth-order valence-corrected chi connectivity index (χ4v) is 4.49. The first kappa shape index (κ1) is 13.3. The van der Waals surface area contributed by atoms with Crippen LogP contribution in [0.25, 0.3) is 6.08 Å². The van der Waals surface area contributed by atoms with Gasteiger partial charge in [0, 0.05) is 17.6 Å². The molecule has 0 heterocycles. The van der Waals surface area contributed by atoms with Crippen molar-refractivity contribution >= 4 is 11.9 Å². The molecule has 0 bridgehead atoms. The third kappa shape index (κ3) is 2.10. The molecule has 2 aromatic carbocycles. The molecule has 0 atom stereocenters. The van der Waals surface area contributed by atoms with Crippen LogP contribution in [-0.4, -0.2) is 5.78 Å². The third-order valence-electron chi connectivity index (χ3n) is 5.70. The predicted octanol–water partition coefficient (Wildman–Crippen LogP) is 4.49. The molecule has 3 aliphatic carbocycles. The van der Waals surface area contributed by atoms with Crippen molar-refractivity contribution < 1.29 is 4.79 Å². The number of ketones is 1. The Labute approximate surface area is 137 Å². The van der Waals surface area contributed by atoms with Gasteiger partial charge < -0.3 is 0 Å². The Morgan fingerprint density at radius 3 is 2.26 bits per heavy atom. The summed E-state index contributed by atoms with van der Waals surface area (Å²) in [6.45, 7) is 0. The van der Waals surface area contributed by atoms with E-state index in [1.807, 2.05) is 0 Å². The van der Waals surface area contributed by atoms with Gasteiger partial charge in [0.05, 0.1) is 0 Å². The van der Waals surface area contributed by atoms with E-state index in [1.165, 1.54) is 65.5 Å². The maximum atomic E-state index is 12.8. The summed E-state index contributed by atoms with van der Waals surface area (Å²) in [4.78, 5) is 12.8. The van der Waals surface area contributed by atoms with Crippen molar-refractivity contribution in [3.8, 4) is 0 Å². The van der Waals surface area contributed by atoms with Gasteiger partial charge in [-0.1, -0.05) is 24.3 Å². The summed E-state index contributed by atoms with van der Waals surface area (Å²) in [5.74, 6) is 0.246. The molecule has 23 heavy (non-hydrogen) atoms. The topological polar surface area (TPSA) is 17.1 Å². The number of hydrogen-bond acceptors (Lipinski definition) is 1. The molecule has 0 amide bonds. The molecule has 0 saturated heterocycles. The molecule has 0 aliphatic heterocycles. The molecule has 1 nitrogen and oxygen atoms in total. The molecule has 0 spiro atoms. The minimum atomic E-state index is 0.246. The lowest BCUT2D eigenvalue weighted by Crippen LogP contribution is -1.97. The second kappa shape index (κ2) is 4.92. The number of benzene rings is 2. The van der Waals surface area contributed by atoms with Gasteiger partial charge in [-0.05, 0) is 84.0 Å². The number of fused-ring (bicyclic) bond motifs is 3. The highest BCUT2D eigenvalue weighted by Crippen LogP contribution is 2.34. The molecule has 1 heteroatoms. The molecular formula is C22H20O. The number of carbonyl (C=O) groups is 1. The maximum absolute atomic E-state index is 12.8. The number of Topliss-reactive ketones (excluding diaryl/α,β-unsaturated/α-hetero) is 1. The molecule has 0 radical (unpaired) electrons. The molecule has 5 rings (SSSR count).